The van der Waals surface area contributed by atoms with Crippen LogP contribution in [-0.4, -0.2) is 6.61 Å². The molecule has 1 aliphatic carbocycles. The molecule has 0 aliphatic heterocycles. The molecule has 110 valence electrons. The molecule has 1 N–H and O–H groups in total. The number of rotatable bonds is 5. The molecule has 0 amide bonds. The molecule has 0 fully saturated rings. The van der Waals surface area contributed by atoms with Crippen molar-refractivity contribution in [3.63, 3.8) is 0 Å². The van der Waals surface area contributed by atoms with E-state index in [2.05, 4.69) is 17.4 Å². The summed E-state index contributed by atoms with van der Waals surface area (Å²) in [5, 5.41) is 3.56. The van der Waals surface area contributed by atoms with Crippen molar-refractivity contribution >= 4 is 0 Å². The van der Waals surface area contributed by atoms with Gasteiger partial charge in [0.2, 0.25) is 0 Å². The molecule has 0 aromatic heterocycles. The van der Waals surface area contributed by atoms with Gasteiger partial charge in [-0.2, -0.15) is 0 Å². The number of hydrogen-bond acceptors (Lipinski definition) is 2. The van der Waals surface area contributed by atoms with E-state index in [1.54, 1.807) is 12.1 Å². The minimum atomic E-state index is -0.140. The zero-order valence-electron chi connectivity index (χ0n) is 12.2. The van der Waals surface area contributed by atoms with Gasteiger partial charge in [0.1, 0.15) is 11.6 Å². The molecule has 3 rings (SSSR count). The molecule has 21 heavy (non-hydrogen) atoms. The first kappa shape index (κ1) is 14.1. The van der Waals surface area contributed by atoms with Crippen LogP contribution in [0.2, 0.25) is 0 Å². The second kappa shape index (κ2) is 6.27. The van der Waals surface area contributed by atoms with E-state index in [-0.39, 0.29) is 5.82 Å². The van der Waals surface area contributed by atoms with E-state index in [0.29, 0.717) is 12.6 Å². The molecule has 0 radical (unpaired) electrons. The first-order chi connectivity index (χ1) is 10.3. The van der Waals surface area contributed by atoms with E-state index >= 15 is 0 Å². The molecule has 0 spiro atoms. The molecule has 0 bridgehead atoms. The Kier molecular flexibility index (Phi) is 4.20. The van der Waals surface area contributed by atoms with E-state index in [9.17, 15) is 4.39 Å². The summed E-state index contributed by atoms with van der Waals surface area (Å²) in [4.78, 5) is 0. The van der Waals surface area contributed by atoms with Gasteiger partial charge in [0.25, 0.3) is 0 Å². The van der Waals surface area contributed by atoms with Crippen LogP contribution in [0.1, 0.15) is 36.1 Å². The lowest BCUT2D eigenvalue weighted by Gasteiger charge is -2.14. The summed E-state index contributed by atoms with van der Waals surface area (Å²) in [6.07, 6.45) is 1.98. The van der Waals surface area contributed by atoms with Gasteiger partial charge in [-0.15, -0.1) is 0 Å². The van der Waals surface area contributed by atoms with E-state index < -0.39 is 0 Å². The van der Waals surface area contributed by atoms with Crippen molar-refractivity contribution in [2.75, 3.05) is 6.61 Å². The third kappa shape index (κ3) is 3.24. The highest BCUT2D eigenvalue weighted by Crippen LogP contribution is 2.31. The second-order valence-electron chi connectivity index (χ2n) is 5.40. The van der Waals surface area contributed by atoms with Crippen LogP contribution in [0.25, 0.3) is 0 Å². The van der Waals surface area contributed by atoms with Gasteiger partial charge in [0.05, 0.1) is 6.61 Å². The summed E-state index contributed by atoms with van der Waals surface area (Å²) in [5.41, 5.74) is 3.57. The Morgan fingerprint density at radius 2 is 2.14 bits per heavy atom. The molecule has 1 unspecified atom stereocenters. The number of benzene rings is 2. The third-order valence-electron chi connectivity index (χ3n) is 3.94. The Morgan fingerprint density at radius 3 is 3.00 bits per heavy atom. The van der Waals surface area contributed by atoms with Crippen LogP contribution in [0, 0.1) is 5.82 Å². The predicted octanol–water partition coefficient (Wildman–Crippen LogP) is 4.00. The molecular formula is C18H20FNO. The van der Waals surface area contributed by atoms with Gasteiger partial charge in [0, 0.05) is 12.6 Å². The lowest BCUT2D eigenvalue weighted by atomic mass is 10.1. The summed E-state index contributed by atoms with van der Waals surface area (Å²) in [5.74, 6) is 0.768. The SMILES string of the molecule is CCOc1cccc(CNC2CCc3cc(F)ccc32)c1. The number of nitrogens with one attached hydrogen (secondary N) is 1. The Labute approximate surface area is 125 Å². The highest BCUT2D eigenvalue weighted by molar-refractivity contribution is 5.35. The minimum Gasteiger partial charge on any atom is -0.494 e. The summed E-state index contributed by atoms with van der Waals surface area (Å²) < 4.78 is 18.7. The number of aryl methyl sites for hydroxylation is 1. The molecule has 1 atom stereocenters. The van der Waals surface area contributed by atoms with Crippen molar-refractivity contribution in [2.45, 2.75) is 32.4 Å². The number of fused-ring (bicyclic) bond motifs is 1. The molecule has 2 aromatic rings. The molecular weight excluding hydrogens is 265 g/mol. The van der Waals surface area contributed by atoms with Crippen LogP contribution >= 0.6 is 0 Å². The van der Waals surface area contributed by atoms with Gasteiger partial charge < -0.3 is 10.1 Å². The van der Waals surface area contributed by atoms with Crippen LogP contribution in [-0.2, 0) is 13.0 Å². The van der Waals surface area contributed by atoms with Crippen LogP contribution in [0.4, 0.5) is 4.39 Å². The fourth-order valence-corrected chi connectivity index (χ4v) is 2.95. The van der Waals surface area contributed by atoms with Crippen molar-refractivity contribution in [1.82, 2.24) is 5.32 Å². The lowest BCUT2D eigenvalue weighted by Crippen LogP contribution is -2.18. The van der Waals surface area contributed by atoms with Crippen LogP contribution in [0.5, 0.6) is 5.75 Å². The average molecular weight is 285 g/mol. The van der Waals surface area contributed by atoms with Crippen molar-refractivity contribution in [2.24, 2.45) is 0 Å². The first-order valence-electron chi connectivity index (χ1n) is 7.49. The van der Waals surface area contributed by atoms with Crippen molar-refractivity contribution < 1.29 is 9.13 Å². The summed E-state index contributed by atoms with van der Waals surface area (Å²) in [6, 6.07) is 13.6. The van der Waals surface area contributed by atoms with E-state index in [1.807, 2.05) is 25.1 Å². The molecule has 2 nitrogen and oxygen atoms in total. The summed E-state index contributed by atoms with van der Waals surface area (Å²) in [6.45, 7) is 3.46. The van der Waals surface area contributed by atoms with E-state index in [4.69, 9.17) is 4.74 Å². The van der Waals surface area contributed by atoms with Crippen LogP contribution in [0.15, 0.2) is 42.5 Å². The highest BCUT2D eigenvalue weighted by Gasteiger charge is 2.22. The summed E-state index contributed by atoms with van der Waals surface area (Å²) >= 11 is 0. The zero-order valence-corrected chi connectivity index (χ0v) is 12.2. The highest BCUT2D eigenvalue weighted by atomic mass is 19.1. The Balaban J connectivity index is 1.65. The average Bonchev–Trinajstić information content (AvgIpc) is 2.88. The molecule has 3 heteroatoms. The van der Waals surface area contributed by atoms with Gasteiger partial charge >= 0.3 is 0 Å². The Morgan fingerprint density at radius 1 is 1.24 bits per heavy atom. The van der Waals surface area contributed by atoms with Gasteiger partial charge in [-0.3, -0.25) is 0 Å². The van der Waals surface area contributed by atoms with E-state index in [1.165, 1.54) is 11.1 Å². The van der Waals surface area contributed by atoms with Crippen molar-refractivity contribution in [3.8, 4) is 5.75 Å². The molecule has 0 saturated carbocycles. The maximum atomic E-state index is 13.2. The third-order valence-corrected chi connectivity index (χ3v) is 3.94. The van der Waals surface area contributed by atoms with Crippen LogP contribution < -0.4 is 10.1 Å². The number of hydrogen-bond donors (Lipinski definition) is 1. The molecule has 1 aliphatic rings. The minimum absolute atomic E-state index is 0.140. The predicted molar refractivity (Wildman–Crippen MR) is 81.9 cm³/mol. The monoisotopic (exact) mass is 285 g/mol. The lowest BCUT2D eigenvalue weighted by molar-refractivity contribution is 0.339. The molecule has 2 aromatic carbocycles. The standard InChI is InChI=1S/C18H20FNO/c1-2-21-16-5-3-4-13(10-16)12-20-18-9-6-14-11-15(19)7-8-17(14)18/h3-5,7-8,10-11,18,20H,2,6,9,12H2,1H3. The zero-order chi connectivity index (χ0) is 14.7. The van der Waals surface area contributed by atoms with E-state index in [0.717, 1.165) is 30.7 Å². The second-order valence-corrected chi connectivity index (χ2v) is 5.40. The largest absolute Gasteiger partial charge is 0.494 e. The van der Waals surface area contributed by atoms with Gasteiger partial charge in [0.15, 0.2) is 0 Å². The van der Waals surface area contributed by atoms with Gasteiger partial charge in [-0.1, -0.05) is 18.2 Å². The van der Waals surface area contributed by atoms with Gasteiger partial charge in [-0.25, -0.2) is 4.39 Å². The normalized spacial score (nSPS) is 16.8. The van der Waals surface area contributed by atoms with Crippen molar-refractivity contribution in [1.29, 1.82) is 0 Å². The Hall–Kier alpha value is -1.87. The number of halogens is 1. The maximum absolute atomic E-state index is 13.2. The van der Waals surface area contributed by atoms with Crippen molar-refractivity contribution in [3.05, 3.63) is 65.0 Å². The fourth-order valence-electron chi connectivity index (χ4n) is 2.95. The topological polar surface area (TPSA) is 21.3 Å². The molecule has 0 saturated heterocycles. The molecule has 0 heterocycles. The fraction of sp³-hybridized carbons (Fsp3) is 0.333. The Bertz CT molecular complexity index is 626. The van der Waals surface area contributed by atoms with Crippen LogP contribution in [0.3, 0.4) is 0 Å². The maximum Gasteiger partial charge on any atom is 0.123 e. The quantitative estimate of drug-likeness (QED) is 0.896. The summed E-state index contributed by atoms with van der Waals surface area (Å²) in [7, 11) is 0. The smallest absolute Gasteiger partial charge is 0.123 e. The number of ether oxygens (including phenoxy) is 1. The first-order valence-corrected chi connectivity index (χ1v) is 7.49. The van der Waals surface area contributed by atoms with Gasteiger partial charge in [-0.05, 0) is 60.7 Å².